The van der Waals surface area contributed by atoms with Gasteiger partial charge in [0, 0.05) is 42.8 Å². The Bertz CT molecular complexity index is 595. The summed E-state index contributed by atoms with van der Waals surface area (Å²) in [6, 6.07) is 0.344. The fourth-order valence-electron chi connectivity index (χ4n) is 4.40. The molecule has 2 saturated carbocycles. The third-order valence-electron chi connectivity index (χ3n) is 6.22. The van der Waals surface area contributed by atoms with Crippen molar-refractivity contribution in [3.63, 3.8) is 0 Å². The molecule has 0 radical (unpaired) electrons. The van der Waals surface area contributed by atoms with Gasteiger partial charge in [-0.15, -0.1) is 0 Å². The highest BCUT2D eigenvalue weighted by Gasteiger charge is 2.53. The Balaban J connectivity index is 2.04. The molecule has 0 aliphatic heterocycles. The zero-order valence-corrected chi connectivity index (χ0v) is 17.9. The van der Waals surface area contributed by atoms with Gasteiger partial charge in [0.15, 0.2) is 5.96 Å². The normalized spacial score (nSPS) is 26.9. The molecule has 2 atom stereocenters. The lowest BCUT2D eigenvalue weighted by molar-refractivity contribution is -0.133. The number of nitrogens with zero attached hydrogens (tertiary/aromatic N) is 1. The first kappa shape index (κ1) is 21.5. The average Bonchev–Trinajstić information content (AvgIpc) is 3.30. The van der Waals surface area contributed by atoms with Crippen LogP contribution in [0.3, 0.4) is 0 Å². The first-order chi connectivity index (χ1) is 12.2. The van der Waals surface area contributed by atoms with Gasteiger partial charge in [0.1, 0.15) is 9.84 Å². The molecule has 6 nitrogen and oxygen atoms in total. The largest absolute Gasteiger partial charge is 0.378 e. The zero-order chi connectivity index (χ0) is 19.4. The fraction of sp³-hybridized carbons (Fsp3) is 0.947. The van der Waals surface area contributed by atoms with Crippen molar-refractivity contribution in [3.8, 4) is 0 Å². The van der Waals surface area contributed by atoms with Gasteiger partial charge in [-0.3, -0.25) is 4.99 Å². The lowest BCUT2D eigenvalue weighted by Gasteiger charge is -2.55. The Labute approximate surface area is 159 Å². The van der Waals surface area contributed by atoms with E-state index < -0.39 is 9.84 Å². The molecular formula is C19H37N3O3S. The lowest BCUT2D eigenvalue weighted by Crippen LogP contribution is -2.65. The van der Waals surface area contributed by atoms with Crippen molar-refractivity contribution in [3.05, 3.63) is 0 Å². The van der Waals surface area contributed by atoms with Gasteiger partial charge >= 0.3 is 0 Å². The van der Waals surface area contributed by atoms with Crippen molar-refractivity contribution in [1.29, 1.82) is 0 Å². The van der Waals surface area contributed by atoms with Crippen molar-refractivity contribution >= 4 is 15.8 Å². The predicted molar refractivity (Wildman–Crippen MR) is 107 cm³/mol. The van der Waals surface area contributed by atoms with Crippen molar-refractivity contribution < 1.29 is 13.2 Å². The van der Waals surface area contributed by atoms with E-state index >= 15 is 0 Å². The average molecular weight is 388 g/mol. The van der Waals surface area contributed by atoms with Crippen molar-refractivity contribution in [1.82, 2.24) is 10.6 Å². The van der Waals surface area contributed by atoms with E-state index in [1.165, 1.54) is 6.26 Å². The summed E-state index contributed by atoms with van der Waals surface area (Å²) in [5.74, 6) is 1.05. The number of hydrogen-bond donors (Lipinski definition) is 2. The quantitative estimate of drug-likeness (QED) is 0.444. The summed E-state index contributed by atoms with van der Waals surface area (Å²) in [6.07, 6.45) is 6.67. The number of hydrogen-bond acceptors (Lipinski definition) is 4. The highest BCUT2D eigenvalue weighted by atomic mass is 32.2. The molecule has 0 aromatic carbocycles. The molecular weight excluding hydrogens is 350 g/mol. The summed E-state index contributed by atoms with van der Waals surface area (Å²) in [5, 5.41) is 6.93. The highest BCUT2D eigenvalue weighted by molar-refractivity contribution is 7.90. The van der Waals surface area contributed by atoms with Crippen LogP contribution in [0.2, 0.25) is 0 Å². The van der Waals surface area contributed by atoms with Crippen LogP contribution in [0.4, 0.5) is 0 Å². The van der Waals surface area contributed by atoms with Crippen LogP contribution in [0, 0.1) is 10.8 Å². The Morgan fingerprint density at radius 3 is 2.31 bits per heavy atom. The molecule has 2 aliphatic rings. The number of sulfone groups is 1. The molecule has 152 valence electrons. The van der Waals surface area contributed by atoms with Crippen molar-refractivity contribution in [2.24, 2.45) is 15.8 Å². The molecule has 2 aliphatic carbocycles. The minimum atomic E-state index is -2.96. The second kappa shape index (κ2) is 8.46. The van der Waals surface area contributed by atoms with Crippen LogP contribution >= 0.6 is 0 Å². The van der Waals surface area contributed by atoms with Gasteiger partial charge in [-0.05, 0) is 46.0 Å². The molecule has 2 unspecified atom stereocenters. The number of rotatable bonds is 10. The maximum atomic E-state index is 11.7. The minimum Gasteiger partial charge on any atom is -0.378 e. The minimum absolute atomic E-state index is 0.143. The summed E-state index contributed by atoms with van der Waals surface area (Å²) in [5.41, 5.74) is 0.00618. The van der Waals surface area contributed by atoms with Gasteiger partial charge in [-0.25, -0.2) is 8.42 Å². The van der Waals surface area contributed by atoms with Crippen LogP contribution < -0.4 is 10.6 Å². The second-order valence-electron chi connectivity index (χ2n) is 8.08. The van der Waals surface area contributed by atoms with E-state index in [-0.39, 0.29) is 16.6 Å². The molecule has 0 aromatic heterocycles. The zero-order valence-electron chi connectivity index (χ0n) is 17.1. The van der Waals surface area contributed by atoms with Crippen LogP contribution in [-0.4, -0.2) is 58.2 Å². The van der Waals surface area contributed by atoms with E-state index in [9.17, 15) is 8.42 Å². The van der Waals surface area contributed by atoms with Crippen LogP contribution in [0.5, 0.6) is 0 Å². The van der Waals surface area contributed by atoms with Crippen molar-refractivity contribution in [2.75, 3.05) is 31.7 Å². The van der Waals surface area contributed by atoms with Gasteiger partial charge in [0.05, 0.1) is 11.9 Å². The molecule has 7 heteroatoms. The molecule has 0 amide bonds. The van der Waals surface area contributed by atoms with Gasteiger partial charge in [0.25, 0.3) is 0 Å². The summed E-state index contributed by atoms with van der Waals surface area (Å²) in [6.45, 7) is 10.7. The fourth-order valence-corrected chi connectivity index (χ4v) is 5.89. The van der Waals surface area contributed by atoms with Gasteiger partial charge in [0.2, 0.25) is 0 Å². The number of ether oxygens (including phenoxy) is 1. The van der Waals surface area contributed by atoms with Crippen LogP contribution in [0.25, 0.3) is 0 Å². The molecule has 2 fully saturated rings. The van der Waals surface area contributed by atoms with E-state index in [0.29, 0.717) is 18.7 Å². The first-order valence-corrected chi connectivity index (χ1v) is 12.1. The van der Waals surface area contributed by atoms with E-state index in [4.69, 9.17) is 9.73 Å². The topological polar surface area (TPSA) is 79.8 Å². The molecule has 0 heterocycles. The van der Waals surface area contributed by atoms with E-state index in [0.717, 1.165) is 51.2 Å². The Morgan fingerprint density at radius 2 is 1.85 bits per heavy atom. The molecule has 2 rings (SSSR count). The first-order valence-electron chi connectivity index (χ1n) is 10.1. The monoisotopic (exact) mass is 387 g/mol. The third kappa shape index (κ3) is 4.91. The molecule has 0 bridgehead atoms. The molecule has 2 N–H and O–H groups in total. The van der Waals surface area contributed by atoms with E-state index in [1.54, 1.807) is 0 Å². The number of nitrogens with one attached hydrogen (secondary N) is 2. The second-order valence-corrected chi connectivity index (χ2v) is 10.2. The van der Waals surface area contributed by atoms with E-state index in [1.807, 2.05) is 0 Å². The third-order valence-corrected chi connectivity index (χ3v) is 7.36. The molecule has 26 heavy (non-hydrogen) atoms. The Hall–Kier alpha value is -0.820. The predicted octanol–water partition coefficient (Wildman–Crippen LogP) is 2.35. The number of aliphatic imine (C=N–C) groups is 1. The summed E-state index contributed by atoms with van der Waals surface area (Å²) in [7, 11) is -2.96. The Kier molecular flexibility index (Phi) is 6.99. The van der Waals surface area contributed by atoms with Crippen molar-refractivity contribution in [2.45, 2.75) is 71.9 Å². The smallest absolute Gasteiger partial charge is 0.191 e. The maximum absolute atomic E-state index is 11.7. The van der Waals surface area contributed by atoms with Gasteiger partial charge < -0.3 is 15.4 Å². The van der Waals surface area contributed by atoms with E-state index in [2.05, 4.69) is 38.3 Å². The molecule has 0 saturated heterocycles. The summed E-state index contributed by atoms with van der Waals surface area (Å²) >= 11 is 0. The maximum Gasteiger partial charge on any atom is 0.191 e. The van der Waals surface area contributed by atoms with Crippen LogP contribution in [0.15, 0.2) is 4.99 Å². The van der Waals surface area contributed by atoms with Crippen LogP contribution in [-0.2, 0) is 14.6 Å². The number of guanidine groups is 1. The van der Waals surface area contributed by atoms with Gasteiger partial charge in [-0.2, -0.15) is 0 Å². The summed E-state index contributed by atoms with van der Waals surface area (Å²) < 4.78 is 29.3. The standard InChI is InChI=1S/C19H37N3O3S/c1-6-19(7-2)15(12-16(19)25-9-4)22-17(20-8-3)21-13-18(10-11-18)14-26(5,23)24/h15-16H,6-14H2,1-5H3,(H2,20,21,22). The van der Waals surface area contributed by atoms with Gasteiger partial charge in [-0.1, -0.05) is 13.8 Å². The molecule has 0 spiro atoms. The van der Waals surface area contributed by atoms with Crippen LogP contribution in [0.1, 0.15) is 59.8 Å². The lowest BCUT2D eigenvalue weighted by atomic mass is 9.58. The SMILES string of the molecule is CCNC(=NCC1(CS(C)(=O)=O)CC1)NC1CC(OCC)C1(CC)CC. The molecule has 0 aromatic rings. The highest BCUT2D eigenvalue weighted by Crippen LogP contribution is 2.49. The summed E-state index contributed by atoms with van der Waals surface area (Å²) in [4.78, 5) is 4.75. The Morgan fingerprint density at radius 1 is 1.19 bits per heavy atom.